The molecule has 1 aromatic carbocycles. The van der Waals surface area contributed by atoms with E-state index in [1.165, 1.54) is 0 Å². The SMILES string of the molecule is O=C(Cc1ccccc1)N1CCCC[C@H]1c1nc(-c2ccncc2)no1. The second-order valence-electron chi connectivity index (χ2n) is 6.45. The van der Waals surface area contributed by atoms with Gasteiger partial charge in [-0.1, -0.05) is 35.5 Å². The van der Waals surface area contributed by atoms with Crippen LogP contribution in [0.5, 0.6) is 0 Å². The van der Waals surface area contributed by atoms with Crippen molar-refractivity contribution in [3.8, 4) is 11.4 Å². The van der Waals surface area contributed by atoms with Gasteiger partial charge < -0.3 is 9.42 Å². The lowest BCUT2D eigenvalue weighted by Crippen LogP contribution is -2.39. The highest BCUT2D eigenvalue weighted by Gasteiger charge is 2.32. The molecule has 1 saturated heterocycles. The lowest BCUT2D eigenvalue weighted by atomic mass is 10.0. The number of hydrogen-bond acceptors (Lipinski definition) is 5. The highest BCUT2D eigenvalue weighted by Crippen LogP contribution is 2.31. The Morgan fingerprint density at radius 1 is 1.12 bits per heavy atom. The van der Waals surface area contributed by atoms with Gasteiger partial charge in [-0.3, -0.25) is 9.78 Å². The van der Waals surface area contributed by atoms with Gasteiger partial charge in [0.25, 0.3) is 0 Å². The van der Waals surface area contributed by atoms with Crippen molar-refractivity contribution in [2.75, 3.05) is 6.54 Å². The number of hydrogen-bond donors (Lipinski definition) is 0. The summed E-state index contributed by atoms with van der Waals surface area (Å²) in [7, 11) is 0. The molecule has 4 rings (SSSR count). The maximum absolute atomic E-state index is 12.9. The number of benzene rings is 1. The fourth-order valence-electron chi connectivity index (χ4n) is 3.35. The Bertz CT molecular complexity index is 864. The molecule has 2 aromatic heterocycles. The molecule has 1 atom stereocenters. The molecule has 1 amide bonds. The highest BCUT2D eigenvalue weighted by atomic mass is 16.5. The van der Waals surface area contributed by atoms with Gasteiger partial charge in [0.1, 0.15) is 6.04 Å². The normalized spacial score (nSPS) is 17.2. The molecule has 0 saturated carbocycles. The van der Waals surface area contributed by atoms with Crippen LogP contribution in [0.4, 0.5) is 0 Å². The minimum atomic E-state index is -0.150. The van der Waals surface area contributed by atoms with Crippen LogP contribution in [0.25, 0.3) is 11.4 Å². The largest absolute Gasteiger partial charge is 0.337 e. The summed E-state index contributed by atoms with van der Waals surface area (Å²) in [4.78, 5) is 23.3. The summed E-state index contributed by atoms with van der Waals surface area (Å²) in [5.74, 6) is 1.14. The summed E-state index contributed by atoms with van der Waals surface area (Å²) in [5, 5.41) is 4.09. The molecule has 0 unspecified atom stereocenters. The van der Waals surface area contributed by atoms with E-state index in [2.05, 4.69) is 15.1 Å². The van der Waals surface area contributed by atoms with E-state index in [0.717, 1.165) is 36.9 Å². The van der Waals surface area contributed by atoms with Crippen molar-refractivity contribution >= 4 is 5.91 Å². The Morgan fingerprint density at radius 2 is 1.92 bits per heavy atom. The molecule has 6 heteroatoms. The van der Waals surface area contributed by atoms with Gasteiger partial charge in [-0.05, 0) is 37.0 Å². The van der Waals surface area contributed by atoms with Crippen LogP contribution in [0, 0.1) is 0 Å². The Kier molecular flexibility index (Phi) is 4.73. The molecular weight excluding hydrogens is 328 g/mol. The fraction of sp³-hybridized carbons (Fsp3) is 0.300. The minimum Gasteiger partial charge on any atom is -0.337 e. The van der Waals surface area contributed by atoms with Crippen LogP contribution < -0.4 is 0 Å². The third kappa shape index (κ3) is 3.49. The van der Waals surface area contributed by atoms with E-state index in [0.29, 0.717) is 18.1 Å². The molecule has 1 fully saturated rings. The average molecular weight is 348 g/mol. The molecule has 3 heterocycles. The second-order valence-corrected chi connectivity index (χ2v) is 6.45. The second kappa shape index (κ2) is 7.47. The number of amides is 1. The van der Waals surface area contributed by atoms with Crippen molar-refractivity contribution in [3.63, 3.8) is 0 Å². The Morgan fingerprint density at radius 3 is 2.73 bits per heavy atom. The average Bonchev–Trinajstić information content (AvgIpc) is 3.19. The molecule has 0 aliphatic carbocycles. The number of rotatable bonds is 4. The number of nitrogens with zero attached hydrogens (tertiary/aromatic N) is 4. The van der Waals surface area contributed by atoms with Crippen molar-refractivity contribution in [1.82, 2.24) is 20.0 Å². The van der Waals surface area contributed by atoms with Crippen LogP contribution in [0.1, 0.15) is 36.8 Å². The van der Waals surface area contributed by atoms with E-state index < -0.39 is 0 Å². The smallest absolute Gasteiger partial charge is 0.249 e. The predicted molar refractivity (Wildman–Crippen MR) is 96.0 cm³/mol. The van der Waals surface area contributed by atoms with E-state index in [1.807, 2.05) is 47.4 Å². The van der Waals surface area contributed by atoms with Gasteiger partial charge in [0.2, 0.25) is 17.6 Å². The van der Waals surface area contributed by atoms with Crippen LogP contribution in [-0.2, 0) is 11.2 Å². The van der Waals surface area contributed by atoms with E-state index in [9.17, 15) is 4.79 Å². The van der Waals surface area contributed by atoms with Crippen LogP contribution in [0.3, 0.4) is 0 Å². The molecule has 132 valence electrons. The lowest BCUT2D eigenvalue weighted by Gasteiger charge is -2.33. The molecular formula is C20H20N4O2. The van der Waals surface area contributed by atoms with Gasteiger partial charge in [0.05, 0.1) is 6.42 Å². The van der Waals surface area contributed by atoms with Gasteiger partial charge in [-0.25, -0.2) is 0 Å². The summed E-state index contributed by atoms with van der Waals surface area (Å²) in [6.45, 7) is 0.725. The minimum absolute atomic E-state index is 0.101. The standard InChI is InChI=1S/C20H20N4O2/c25-18(14-15-6-2-1-3-7-15)24-13-5-4-8-17(24)20-22-19(23-26-20)16-9-11-21-12-10-16/h1-3,6-7,9-12,17H,4-5,8,13-14H2/t17-/m0/s1. The van der Waals surface area contributed by atoms with Gasteiger partial charge in [-0.15, -0.1) is 0 Å². The molecule has 26 heavy (non-hydrogen) atoms. The lowest BCUT2D eigenvalue weighted by molar-refractivity contribution is -0.135. The first-order valence-electron chi connectivity index (χ1n) is 8.88. The van der Waals surface area contributed by atoms with E-state index in [4.69, 9.17) is 4.52 Å². The summed E-state index contributed by atoms with van der Waals surface area (Å²) in [6, 6.07) is 13.3. The molecule has 0 spiro atoms. The summed E-state index contributed by atoms with van der Waals surface area (Å²) < 4.78 is 5.51. The van der Waals surface area contributed by atoms with Crippen molar-refractivity contribution in [3.05, 3.63) is 66.3 Å². The number of likely N-dealkylation sites (tertiary alicyclic amines) is 1. The topological polar surface area (TPSA) is 72.1 Å². The molecule has 0 N–H and O–H groups in total. The first kappa shape index (κ1) is 16.4. The monoisotopic (exact) mass is 348 g/mol. The van der Waals surface area contributed by atoms with Gasteiger partial charge >= 0.3 is 0 Å². The summed E-state index contributed by atoms with van der Waals surface area (Å²) in [6.07, 6.45) is 6.68. The molecule has 1 aliphatic heterocycles. The first-order valence-corrected chi connectivity index (χ1v) is 8.88. The number of carbonyl (C=O) groups is 1. The summed E-state index contributed by atoms with van der Waals surface area (Å²) in [5.41, 5.74) is 1.87. The molecule has 1 aliphatic rings. The Labute approximate surface area is 151 Å². The van der Waals surface area contributed by atoms with Crippen LogP contribution in [-0.4, -0.2) is 32.5 Å². The van der Waals surface area contributed by atoms with E-state index >= 15 is 0 Å². The predicted octanol–water partition coefficient (Wildman–Crippen LogP) is 3.43. The molecule has 0 radical (unpaired) electrons. The number of carbonyl (C=O) groups excluding carboxylic acids is 1. The van der Waals surface area contributed by atoms with Crippen molar-refractivity contribution in [1.29, 1.82) is 0 Å². The molecule has 3 aromatic rings. The van der Waals surface area contributed by atoms with Crippen molar-refractivity contribution in [2.24, 2.45) is 0 Å². The first-order chi connectivity index (χ1) is 12.8. The number of pyridine rings is 1. The van der Waals surface area contributed by atoms with Crippen molar-refractivity contribution in [2.45, 2.75) is 31.7 Å². The Hall–Kier alpha value is -3.02. The third-order valence-electron chi connectivity index (χ3n) is 4.69. The molecule has 0 bridgehead atoms. The van der Waals surface area contributed by atoms with Crippen LogP contribution in [0.2, 0.25) is 0 Å². The highest BCUT2D eigenvalue weighted by molar-refractivity contribution is 5.79. The Balaban J connectivity index is 1.54. The third-order valence-corrected chi connectivity index (χ3v) is 4.69. The van der Waals surface area contributed by atoms with Crippen LogP contribution >= 0.6 is 0 Å². The summed E-state index contributed by atoms with van der Waals surface area (Å²) >= 11 is 0. The maximum atomic E-state index is 12.9. The van der Waals surface area contributed by atoms with Gasteiger partial charge in [-0.2, -0.15) is 4.98 Å². The zero-order valence-corrected chi connectivity index (χ0v) is 14.4. The quantitative estimate of drug-likeness (QED) is 0.722. The number of aromatic nitrogens is 3. The van der Waals surface area contributed by atoms with Gasteiger partial charge in [0.15, 0.2) is 0 Å². The zero-order chi connectivity index (χ0) is 17.8. The number of piperidine rings is 1. The molecule has 6 nitrogen and oxygen atoms in total. The van der Waals surface area contributed by atoms with Crippen molar-refractivity contribution < 1.29 is 9.32 Å². The van der Waals surface area contributed by atoms with E-state index in [-0.39, 0.29) is 11.9 Å². The van der Waals surface area contributed by atoms with Gasteiger partial charge in [0, 0.05) is 24.5 Å². The van der Waals surface area contributed by atoms with E-state index in [1.54, 1.807) is 12.4 Å². The van der Waals surface area contributed by atoms with Crippen LogP contribution in [0.15, 0.2) is 59.4 Å². The maximum Gasteiger partial charge on any atom is 0.249 e. The zero-order valence-electron chi connectivity index (χ0n) is 14.4. The fourth-order valence-corrected chi connectivity index (χ4v) is 3.35.